The number of carbonyl (C=O) groups is 1. The summed E-state index contributed by atoms with van der Waals surface area (Å²) in [6.07, 6.45) is 1.60. The molecule has 1 aliphatic rings. The van der Waals surface area contributed by atoms with Crippen LogP contribution in [0, 0.1) is 11.7 Å². The summed E-state index contributed by atoms with van der Waals surface area (Å²) in [5, 5.41) is 9.56. The quantitative estimate of drug-likeness (QED) is 0.468. The first kappa shape index (κ1) is 19.4. The van der Waals surface area contributed by atoms with Gasteiger partial charge in [-0.05, 0) is 44.0 Å². The second-order valence-electron chi connectivity index (χ2n) is 7.63. The Morgan fingerprint density at radius 2 is 1.97 bits per heavy atom. The van der Waals surface area contributed by atoms with Gasteiger partial charge in [0.1, 0.15) is 5.82 Å². The third-order valence-electron chi connectivity index (χ3n) is 5.67. The van der Waals surface area contributed by atoms with Crippen LogP contribution >= 0.6 is 0 Å². The molecule has 0 radical (unpaired) electrons. The van der Waals surface area contributed by atoms with Crippen LogP contribution in [-0.2, 0) is 9.53 Å². The van der Waals surface area contributed by atoms with Crippen molar-refractivity contribution in [2.75, 3.05) is 24.6 Å². The monoisotopic (exact) mass is 419 g/mol. The van der Waals surface area contributed by atoms with Crippen molar-refractivity contribution in [1.29, 1.82) is 0 Å². The number of ether oxygens (including phenoxy) is 1. The molecular formula is C23H22FN5O2. The number of fused-ring (bicyclic) bond motifs is 3. The number of anilines is 1. The van der Waals surface area contributed by atoms with Gasteiger partial charge < -0.3 is 9.64 Å². The highest BCUT2D eigenvalue weighted by molar-refractivity contribution is 5.93. The van der Waals surface area contributed by atoms with Crippen molar-refractivity contribution in [3.63, 3.8) is 0 Å². The molecule has 1 aliphatic heterocycles. The molecule has 0 spiro atoms. The largest absolute Gasteiger partial charge is 0.466 e. The van der Waals surface area contributed by atoms with Crippen molar-refractivity contribution >= 4 is 28.5 Å². The van der Waals surface area contributed by atoms with Crippen LogP contribution < -0.4 is 4.90 Å². The van der Waals surface area contributed by atoms with Crippen molar-refractivity contribution in [3.05, 3.63) is 54.3 Å². The van der Waals surface area contributed by atoms with E-state index < -0.39 is 0 Å². The molecule has 0 N–H and O–H groups in total. The standard InChI is InChI=1S/C23H22FN5O2/c1-2-31-22(30)15-8-7-13-28(14-15)23-25-19-12-6-4-10-17(19)21-27-26-20(29(21)23)16-9-3-5-11-18(16)24/h3-6,9-12,15H,2,7-8,13-14H2,1H3. The van der Waals surface area contributed by atoms with Gasteiger partial charge in [-0.15, -0.1) is 10.2 Å². The number of carbonyl (C=O) groups excluding carboxylic acids is 1. The van der Waals surface area contributed by atoms with Gasteiger partial charge in [0, 0.05) is 18.5 Å². The predicted octanol–water partition coefficient (Wildman–Crippen LogP) is 3.86. The lowest BCUT2D eigenvalue weighted by Crippen LogP contribution is -2.40. The van der Waals surface area contributed by atoms with Gasteiger partial charge in [0.15, 0.2) is 11.5 Å². The molecule has 0 saturated carbocycles. The molecule has 1 fully saturated rings. The van der Waals surface area contributed by atoms with E-state index in [9.17, 15) is 9.18 Å². The van der Waals surface area contributed by atoms with Gasteiger partial charge in [-0.25, -0.2) is 13.8 Å². The van der Waals surface area contributed by atoms with Crippen LogP contribution in [0.3, 0.4) is 0 Å². The molecule has 2 aromatic carbocycles. The molecule has 2 aromatic heterocycles. The first-order chi connectivity index (χ1) is 15.2. The number of esters is 1. The number of hydrogen-bond acceptors (Lipinski definition) is 6. The Hall–Kier alpha value is -3.55. The molecule has 0 aliphatic carbocycles. The average molecular weight is 419 g/mol. The number of piperidine rings is 1. The molecule has 7 nitrogen and oxygen atoms in total. The summed E-state index contributed by atoms with van der Waals surface area (Å²) >= 11 is 0. The van der Waals surface area contributed by atoms with Crippen LogP contribution in [0.25, 0.3) is 27.9 Å². The van der Waals surface area contributed by atoms with Gasteiger partial charge in [0.05, 0.1) is 23.6 Å². The van der Waals surface area contributed by atoms with E-state index in [-0.39, 0.29) is 17.7 Å². The number of rotatable bonds is 4. The van der Waals surface area contributed by atoms with Crippen LogP contribution in [0.5, 0.6) is 0 Å². The van der Waals surface area contributed by atoms with E-state index in [1.807, 2.05) is 31.2 Å². The highest BCUT2D eigenvalue weighted by Gasteiger charge is 2.30. The minimum atomic E-state index is -0.376. The van der Waals surface area contributed by atoms with Gasteiger partial charge in [-0.2, -0.15) is 0 Å². The Bertz CT molecular complexity index is 1270. The van der Waals surface area contributed by atoms with Crippen LogP contribution in [0.2, 0.25) is 0 Å². The molecule has 8 heteroatoms. The molecule has 1 saturated heterocycles. The fourth-order valence-corrected chi connectivity index (χ4v) is 4.21. The molecule has 31 heavy (non-hydrogen) atoms. The maximum absolute atomic E-state index is 14.6. The molecule has 0 bridgehead atoms. The molecule has 158 valence electrons. The van der Waals surface area contributed by atoms with E-state index >= 15 is 0 Å². The predicted molar refractivity (Wildman–Crippen MR) is 115 cm³/mol. The van der Waals surface area contributed by atoms with Crippen LogP contribution in [-0.4, -0.2) is 45.2 Å². The Kier molecular flexibility index (Phi) is 4.97. The molecular weight excluding hydrogens is 397 g/mol. The van der Waals surface area contributed by atoms with Gasteiger partial charge in [0.2, 0.25) is 5.95 Å². The van der Waals surface area contributed by atoms with Crippen LogP contribution in [0.15, 0.2) is 48.5 Å². The molecule has 1 atom stereocenters. The Morgan fingerprint density at radius 1 is 1.16 bits per heavy atom. The van der Waals surface area contributed by atoms with Crippen molar-refractivity contribution < 1.29 is 13.9 Å². The average Bonchev–Trinajstić information content (AvgIpc) is 3.24. The minimum absolute atomic E-state index is 0.192. The highest BCUT2D eigenvalue weighted by atomic mass is 19.1. The Morgan fingerprint density at radius 3 is 2.81 bits per heavy atom. The third-order valence-corrected chi connectivity index (χ3v) is 5.67. The smallest absolute Gasteiger partial charge is 0.310 e. The summed E-state index contributed by atoms with van der Waals surface area (Å²) < 4.78 is 21.7. The maximum Gasteiger partial charge on any atom is 0.310 e. The summed E-state index contributed by atoms with van der Waals surface area (Å²) in [4.78, 5) is 19.3. The number of hydrogen-bond donors (Lipinski definition) is 0. The van der Waals surface area contributed by atoms with E-state index in [4.69, 9.17) is 9.72 Å². The molecule has 3 heterocycles. The van der Waals surface area contributed by atoms with Crippen molar-refractivity contribution in [2.45, 2.75) is 19.8 Å². The zero-order chi connectivity index (χ0) is 21.4. The number of benzene rings is 2. The lowest BCUT2D eigenvalue weighted by molar-refractivity contribution is -0.148. The lowest BCUT2D eigenvalue weighted by atomic mass is 9.98. The van der Waals surface area contributed by atoms with Gasteiger partial charge in [0.25, 0.3) is 0 Å². The van der Waals surface area contributed by atoms with Gasteiger partial charge >= 0.3 is 5.97 Å². The minimum Gasteiger partial charge on any atom is -0.466 e. The van der Waals surface area contributed by atoms with Crippen molar-refractivity contribution in [1.82, 2.24) is 19.6 Å². The zero-order valence-electron chi connectivity index (χ0n) is 17.2. The number of aromatic nitrogens is 4. The first-order valence-electron chi connectivity index (χ1n) is 10.5. The van der Waals surface area contributed by atoms with Crippen molar-refractivity contribution in [3.8, 4) is 11.4 Å². The third kappa shape index (κ3) is 3.37. The normalized spacial score (nSPS) is 16.7. The number of nitrogens with zero attached hydrogens (tertiary/aromatic N) is 5. The second-order valence-corrected chi connectivity index (χ2v) is 7.63. The summed E-state index contributed by atoms with van der Waals surface area (Å²) in [7, 11) is 0. The van der Waals surface area contributed by atoms with E-state index in [1.165, 1.54) is 6.07 Å². The second kappa shape index (κ2) is 7.94. The summed E-state index contributed by atoms with van der Waals surface area (Å²) in [5.41, 5.74) is 1.74. The molecule has 5 rings (SSSR count). The van der Waals surface area contributed by atoms with Crippen molar-refractivity contribution in [2.24, 2.45) is 5.92 Å². The van der Waals surface area contributed by atoms with E-state index in [0.717, 1.165) is 30.3 Å². The topological polar surface area (TPSA) is 72.6 Å². The fourth-order valence-electron chi connectivity index (χ4n) is 4.21. The summed E-state index contributed by atoms with van der Waals surface area (Å²) in [6, 6.07) is 14.2. The number of halogens is 1. The lowest BCUT2D eigenvalue weighted by Gasteiger charge is -2.32. The molecule has 4 aromatic rings. The summed E-state index contributed by atoms with van der Waals surface area (Å²) in [6.45, 7) is 3.38. The molecule has 1 unspecified atom stereocenters. The van der Waals surface area contributed by atoms with E-state index in [0.29, 0.717) is 36.1 Å². The maximum atomic E-state index is 14.6. The number of para-hydroxylation sites is 1. The Labute approximate surface area is 178 Å². The highest BCUT2D eigenvalue weighted by Crippen LogP contribution is 2.31. The van der Waals surface area contributed by atoms with E-state index in [2.05, 4.69) is 15.1 Å². The SMILES string of the molecule is CCOC(=O)C1CCCN(c2nc3ccccc3c3nnc(-c4ccccc4F)n23)C1. The zero-order valence-corrected chi connectivity index (χ0v) is 17.2. The summed E-state index contributed by atoms with van der Waals surface area (Å²) in [5.74, 6) is 0.192. The Balaban J connectivity index is 1.70. The fraction of sp³-hybridized carbons (Fsp3) is 0.304. The molecule has 0 amide bonds. The van der Waals surface area contributed by atoms with Crippen LogP contribution in [0.1, 0.15) is 19.8 Å². The van der Waals surface area contributed by atoms with E-state index in [1.54, 1.807) is 22.6 Å². The van der Waals surface area contributed by atoms with Crippen LogP contribution in [0.4, 0.5) is 10.3 Å². The first-order valence-corrected chi connectivity index (χ1v) is 10.5. The van der Waals surface area contributed by atoms with Gasteiger partial charge in [-0.3, -0.25) is 4.79 Å². The van der Waals surface area contributed by atoms with Gasteiger partial charge in [-0.1, -0.05) is 24.3 Å².